The number of ether oxygens (including phenoxy) is 1. The maximum Gasteiger partial charge on any atom is 0.339 e. The van der Waals surface area contributed by atoms with Gasteiger partial charge in [0.2, 0.25) is 0 Å². The Morgan fingerprint density at radius 2 is 1.55 bits per heavy atom. The molecule has 5 nitrogen and oxygen atoms in total. The molecule has 0 aliphatic heterocycles. The van der Waals surface area contributed by atoms with Crippen LogP contribution in [0.2, 0.25) is 10.0 Å². The van der Waals surface area contributed by atoms with E-state index in [4.69, 9.17) is 27.9 Å². The Labute approximate surface area is 189 Å². The molecule has 0 bridgehead atoms. The highest BCUT2D eigenvalue weighted by molar-refractivity contribution is 6.34. The van der Waals surface area contributed by atoms with Crippen LogP contribution < -0.4 is 5.32 Å². The SMILES string of the molecule is Cc1cc(C)c(NC(=O)COC(=O)c2ccccc2C(=O)c2ccc(Cl)cc2)c(Cl)c1. The summed E-state index contributed by atoms with van der Waals surface area (Å²) >= 11 is 12.1. The van der Waals surface area contributed by atoms with Gasteiger partial charge in [-0.25, -0.2) is 4.79 Å². The number of carbonyl (C=O) groups excluding carboxylic acids is 3. The monoisotopic (exact) mass is 455 g/mol. The molecule has 0 fully saturated rings. The van der Waals surface area contributed by atoms with E-state index in [9.17, 15) is 14.4 Å². The molecule has 0 spiro atoms. The number of hydrogen-bond acceptors (Lipinski definition) is 4. The summed E-state index contributed by atoms with van der Waals surface area (Å²) in [6, 6.07) is 16.2. The first-order valence-electron chi connectivity index (χ1n) is 9.39. The van der Waals surface area contributed by atoms with Gasteiger partial charge >= 0.3 is 5.97 Å². The molecule has 3 aromatic rings. The number of nitrogens with one attached hydrogen (secondary N) is 1. The van der Waals surface area contributed by atoms with Gasteiger partial charge in [0.25, 0.3) is 5.91 Å². The molecule has 3 rings (SSSR count). The minimum Gasteiger partial charge on any atom is -0.452 e. The van der Waals surface area contributed by atoms with Crippen molar-refractivity contribution in [1.29, 1.82) is 0 Å². The smallest absolute Gasteiger partial charge is 0.339 e. The number of rotatable bonds is 6. The van der Waals surface area contributed by atoms with Crippen molar-refractivity contribution in [3.8, 4) is 0 Å². The van der Waals surface area contributed by atoms with Crippen molar-refractivity contribution < 1.29 is 19.1 Å². The number of anilines is 1. The number of esters is 1. The van der Waals surface area contributed by atoms with Crippen LogP contribution in [-0.2, 0) is 9.53 Å². The molecule has 3 aromatic carbocycles. The van der Waals surface area contributed by atoms with Gasteiger partial charge in [0, 0.05) is 16.1 Å². The molecule has 0 aromatic heterocycles. The second-order valence-electron chi connectivity index (χ2n) is 6.94. The van der Waals surface area contributed by atoms with E-state index in [1.165, 1.54) is 12.1 Å². The molecular weight excluding hydrogens is 437 g/mol. The maximum atomic E-state index is 12.8. The third-order valence-corrected chi connectivity index (χ3v) is 5.08. The summed E-state index contributed by atoms with van der Waals surface area (Å²) in [5.74, 6) is -1.67. The van der Waals surface area contributed by atoms with Gasteiger partial charge in [0.05, 0.1) is 16.3 Å². The van der Waals surface area contributed by atoms with E-state index >= 15 is 0 Å². The zero-order valence-corrected chi connectivity index (χ0v) is 18.4. The van der Waals surface area contributed by atoms with E-state index < -0.39 is 18.5 Å². The maximum absolute atomic E-state index is 12.8. The summed E-state index contributed by atoms with van der Waals surface area (Å²) in [4.78, 5) is 37.7. The Balaban J connectivity index is 1.71. The van der Waals surface area contributed by atoms with Crippen LogP contribution >= 0.6 is 23.2 Å². The standard InChI is InChI=1S/C24H19Cl2NO4/c1-14-11-15(2)22(20(26)12-14)27-21(28)13-31-24(30)19-6-4-3-5-18(19)23(29)16-7-9-17(25)10-8-16/h3-12H,13H2,1-2H3,(H,27,28). The molecule has 31 heavy (non-hydrogen) atoms. The van der Waals surface area contributed by atoms with Crippen LogP contribution in [0, 0.1) is 13.8 Å². The molecule has 0 radical (unpaired) electrons. The van der Waals surface area contributed by atoms with Crippen molar-refractivity contribution in [3.05, 3.63) is 98.5 Å². The lowest BCUT2D eigenvalue weighted by atomic mass is 9.98. The van der Waals surface area contributed by atoms with Gasteiger partial charge in [0.15, 0.2) is 12.4 Å². The molecule has 0 saturated heterocycles. The normalized spacial score (nSPS) is 10.5. The summed E-state index contributed by atoms with van der Waals surface area (Å²) in [6.45, 7) is 3.19. The summed E-state index contributed by atoms with van der Waals surface area (Å²) in [7, 11) is 0. The first-order valence-corrected chi connectivity index (χ1v) is 10.1. The van der Waals surface area contributed by atoms with Crippen LogP contribution in [0.4, 0.5) is 5.69 Å². The predicted molar refractivity (Wildman–Crippen MR) is 121 cm³/mol. The summed E-state index contributed by atoms with van der Waals surface area (Å²) in [5.41, 5.74) is 2.85. The number of amides is 1. The van der Waals surface area contributed by atoms with Crippen molar-refractivity contribution in [2.24, 2.45) is 0 Å². The highest BCUT2D eigenvalue weighted by Crippen LogP contribution is 2.27. The first-order chi connectivity index (χ1) is 14.8. The molecule has 0 atom stereocenters. The average Bonchev–Trinajstić information content (AvgIpc) is 2.74. The summed E-state index contributed by atoms with van der Waals surface area (Å²) in [5, 5.41) is 3.55. The molecule has 0 aliphatic carbocycles. The Morgan fingerprint density at radius 3 is 2.19 bits per heavy atom. The number of carbonyl (C=O) groups is 3. The third-order valence-electron chi connectivity index (χ3n) is 4.53. The highest BCUT2D eigenvalue weighted by Gasteiger charge is 2.20. The minimum atomic E-state index is -0.778. The molecule has 0 heterocycles. The van der Waals surface area contributed by atoms with Crippen LogP contribution in [0.1, 0.15) is 37.4 Å². The molecule has 1 N–H and O–H groups in total. The number of ketones is 1. The van der Waals surface area contributed by atoms with Crippen molar-refractivity contribution in [1.82, 2.24) is 0 Å². The highest BCUT2D eigenvalue weighted by atomic mass is 35.5. The van der Waals surface area contributed by atoms with Crippen LogP contribution in [0.25, 0.3) is 0 Å². The van der Waals surface area contributed by atoms with Crippen molar-refractivity contribution in [2.45, 2.75) is 13.8 Å². The number of benzene rings is 3. The van der Waals surface area contributed by atoms with Gasteiger partial charge in [-0.3, -0.25) is 9.59 Å². The Hall–Kier alpha value is -3.15. The second kappa shape index (κ2) is 9.77. The third kappa shape index (κ3) is 5.51. The molecular formula is C24H19Cl2NO4. The first kappa shape index (κ1) is 22.5. The van der Waals surface area contributed by atoms with Gasteiger partial charge in [-0.1, -0.05) is 47.5 Å². The fourth-order valence-electron chi connectivity index (χ4n) is 3.07. The number of aryl methyl sites for hydroxylation is 2. The van der Waals surface area contributed by atoms with E-state index in [1.54, 1.807) is 42.5 Å². The average molecular weight is 456 g/mol. The molecule has 0 aliphatic rings. The fraction of sp³-hybridized carbons (Fsp3) is 0.125. The molecule has 7 heteroatoms. The molecule has 0 saturated carbocycles. The lowest BCUT2D eigenvalue weighted by Gasteiger charge is -2.12. The van der Waals surface area contributed by atoms with Gasteiger partial charge in [-0.2, -0.15) is 0 Å². The summed E-state index contributed by atoms with van der Waals surface area (Å²) in [6.07, 6.45) is 0. The molecule has 158 valence electrons. The second-order valence-corrected chi connectivity index (χ2v) is 7.79. The number of halogens is 2. The molecule has 1 amide bonds. The number of hydrogen-bond donors (Lipinski definition) is 1. The van der Waals surface area contributed by atoms with E-state index in [-0.39, 0.29) is 16.9 Å². The topological polar surface area (TPSA) is 72.5 Å². The van der Waals surface area contributed by atoms with Crippen LogP contribution in [-0.4, -0.2) is 24.3 Å². The van der Waals surface area contributed by atoms with E-state index in [2.05, 4.69) is 5.32 Å². The van der Waals surface area contributed by atoms with Gasteiger partial charge < -0.3 is 10.1 Å². The predicted octanol–water partition coefficient (Wildman–Crippen LogP) is 5.64. The zero-order valence-electron chi connectivity index (χ0n) is 16.9. The van der Waals surface area contributed by atoms with Crippen molar-refractivity contribution >= 4 is 46.5 Å². The lowest BCUT2D eigenvalue weighted by molar-refractivity contribution is -0.119. The zero-order chi connectivity index (χ0) is 22.5. The van der Waals surface area contributed by atoms with Crippen LogP contribution in [0.15, 0.2) is 60.7 Å². The Bertz CT molecular complexity index is 1130. The van der Waals surface area contributed by atoms with E-state index in [0.29, 0.717) is 21.3 Å². The molecule has 0 unspecified atom stereocenters. The fourth-order valence-corrected chi connectivity index (χ4v) is 3.57. The van der Waals surface area contributed by atoms with Crippen LogP contribution in [0.5, 0.6) is 0 Å². The largest absolute Gasteiger partial charge is 0.452 e. The van der Waals surface area contributed by atoms with Crippen molar-refractivity contribution in [3.63, 3.8) is 0 Å². The summed E-state index contributed by atoms with van der Waals surface area (Å²) < 4.78 is 5.14. The van der Waals surface area contributed by atoms with Crippen LogP contribution in [0.3, 0.4) is 0 Å². The van der Waals surface area contributed by atoms with Crippen molar-refractivity contribution in [2.75, 3.05) is 11.9 Å². The van der Waals surface area contributed by atoms with Gasteiger partial charge in [0.1, 0.15) is 0 Å². The van der Waals surface area contributed by atoms with Gasteiger partial charge in [-0.05, 0) is 61.4 Å². The Kier molecular flexibility index (Phi) is 7.10. The van der Waals surface area contributed by atoms with E-state index in [0.717, 1.165) is 11.1 Å². The van der Waals surface area contributed by atoms with Gasteiger partial charge in [-0.15, -0.1) is 0 Å². The quantitative estimate of drug-likeness (QED) is 0.385. The lowest BCUT2D eigenvalue weighted by Crippen LogP contribution is -2.22. The van der Waals surface area contributed by atoms with E-state index in [1.807, 2.05) is 19.9 Å². The Morgan fingerprint density at radius 1 is 0.903 bits per heavy atom. The minimum absolute atomic E-state index is 0.0693.